The Morgan fingerprint density at radius 3 is 2.45 bits per heavy atom. The minimum atomic E-state index is -0.633. The standard InChI is InChI=1S/C17H24F2O/c1-6-14(8-7-11(2)3)13(5)20-17-10-15(18)9-16(19)12(17)4/h9-11,14H,5-8H2,1-4H3. The van der Waals surface area contributed by atoms with Gasteiger partial charge in [-0.25, -0.2) is 8.78 Å². The van der Waals surface area contributed by atoms with Crippen LogP contribution in [0.2, 0.25) is 0 Å². The highest BCUT2D eigenvalue weighted by molar-refractivity contribution is 5.35. The number of halogens is 2. The molecule has 0 bridgehead atoms. The summed E-state index contributed by atoms with van der Waals surface area (Å²) in [6, 6.07) is 2.07. The summed E-state index contributed by atoms with van der Waals surface area (Å²) >= 11 is 0. The Labute approximate surface area is 120 Å². The van der Waals surface area contributed by atoms with Crippen molar-refractivity contribution >= 4 is 0 Å². The smallest absolute Gasteiger partial charge is 0.135 e. The summed E-state index contributed by atoms with van der Waals surface area (Å²) in [7, 11) is 0. The van der Waals surface area contributed by atoms with Gasteiger partial charge < -0.3 is 4.74 Å². The molecule has 0 radical (unpaired) electrons. The number of allylic oxidation sites excluding steroid dienone is 1. The molecule has 0 amide bonds. The van der Waals surface area contributed by atoms with Gasteiger partial charge in [-0.05, 0) is 25.7 Å². The van der Waals surface area contributed by atoms with Crippen molar-refractivity contribution in [1.82, 2.24) is 0 Å². The molecule has 1 aromatic rings. The molecule has 112 valence electrons. The number of hydrogen-bond donors (Lipinski definition) is 0. The first-order chi connectivity index (χ1) is 9.35. The predicted octanol–water partition coefficient (Wildman–Crippen LogP) is 5.63. The molecular weight excluding hydrogens is 258 g/mol. The van der Waals surface area contributed by atoms with E-state index in [1.165, 1.54) is 6.07 Å². The molecule has 1 atom stereocenters. The summed E-state index contributed by atoms with van der Waals surface area (Å²) in [5.74, 6) is 0.402. The Hall–Kier alpha value is -1.38. The highest BCUT2D eigenvalue weighted by Crippen LogP contribution is 2.28. The topological polar surface area (TPSA) is 9.23 Å². The van der Waals surface area contributed by atoms with Crippen molar-refractivity contribution in [3.63, 3.8) is 0 Å². The molecule has 3 heteroatoms. The van der Waals surface area contributed by atoms with Crippen LogP contribution in [0, 0.1) is 30.4 Å². The van der Waals surface area contributed by atoms with Crippen LogP contribution in [0.1, 0.15) is 45.6 Å². The third-order valence-corrected chi connectivity index (χ3v) is 3.54. The second-order valence-electron chi connectivity index (χ2n) is 5.66. The van der Waals surface area contributed by atoms with Crippen LogP contribution in [-0.4, -0.2) is 0 Å². The van der Waals surface area contributed by atoms with Crippen LogP contribution >= 0.6 is 0 Å². The zero-order chi connectivity index (χ0) is 15.3. The van der Waals surface area contributed by atoms with Crippen molar-refractivity contribution in [3.8, 4) is 5.75 Å². The van der Waals surface area contributed by atoms with E-state index >= 15 is 0 Å². The van der Waals surface area contributed by atoms with Crippen LogP contribution in [0.3, 0.4) is 0 Å². The van der Waals surface area contributed by atoms with E-state index in [1.54, 1.807) is 6.92 Å². The molecule has 0 heterocycles. The lowest BCUT2D eigenvalue weighted by Crippen LogP contribution is -2.10. The Morgan fingerprint density at radius 2 is 1.90 bits per heavy atom. The van der Waals surface area contributed by atoms with E-state index in [0.29, 0.717) is 17.2 Å². The lowest BCUT2D eigenvalue weighted by Gasteiger charge is -2.20. The predicted molar refractivity (Wildman–Crippen MR) is 78.7 cm³/mol. The van der Waals surface area contributed by atoms with E-state index in [2.05, 4.69) is 27.4 Å². The van der Waals surface area contributed by atoms with Crippen LogP contribution in [0.25, 0.3) is 0 Å². The quantitative estimate of drug-likeness (QED) is 0.589. The first-order valence-electron chi connectivity index (χ1n) is 7.17. The summed E-state index contributed by atoms with van der Waals surface area (Å²) in [5.41, 5.74) is 0.311. The molecule has 1 nitrogen and oxygen atoms in total. The van der Waals surface area contributed by atoms with Crippen molar-refractivity contribution in [2.75, 3.05) is 0 Å². The second-order valence-corrected chi connectivity index (χ2v) is 5.66. The Bertz CT molecular complexity index is 466. The van der Waals surface area contributed by atoms with Gasteiger partial charge in [-0.1, -0.05) is 33.8 Å². The summed E-state index contributed by atoms with van der Waals surface area (Å²) < 4.78 is 32.3. The first-order valence-corrected chi connectivity index (χ1v) is 7.17. The Morgan fingerprint density at radius 1 is 1.25 bits per heavy atom. The van der Waals surface area contributed by atoms with Crippen LogP contribution < -0.4 is 4.74 Å². The maximum atomic E-state index is 13.5. The summed E-state index contributed by atoms with van der Waals surface area (Å²) in [6.07, 6.45) is 2.96. The SMILES string of the molecule is C=C(Oc1cc(F)cc(F)c1C)C(CC)CCC(C)C. The summed E-state index contributed by atoms with van der Waals surface area (Å²) in [5, 5.41) is 0. The molecule has 0 fully saturated rings. The van der Waals surface area contributed by atoms with Crippen LogP contribution in [0.15, 0.2) is 24.5 Å². The molecule has 0 spiro atoms. The van der Waals surface area contributed by atoms with Gasteiger partial charge in [0.2, 0.25) is 0 Å². The summed E-state index contributed by atoms with van der Waals surface area (Å²) in [6.45, 7) is 11.9. The van der Waals surface area contributed by atoms with Crippen LogP contribution in [0.5, 0.6) is 5.75 Å². The molecule has 1 rings (SSSR count). The maximum Gasteiger partial charge on any atom is 0.135 e. The number of rotatable bonds is 7. The average molecular weight is 282 g/mol. The molecule has 0 aliphatic rings. The second kappa shape index (κ2) is 7.41. The van der Waals surface area contributed by atoms with Gasteiger partial charge >= 0.3 is 0 Å². The molecule has 0 N–H and O–H groups in total. The van der Waals surface area contributed by atoms with Crippen molar-refractivity contribution in [2.45, 2.75) is 47.0 Å². The summed E-state index contributed by atoms with van der Waals surface area (Å²) in [4.78, 5) is 0. The highest BCUT2D eigenvalue weighted by atomic mass is 19.1. The van der Waals surface area contributed by atoms with Crippen molar-refractivity contribution in [1.29, 1.82) is 0 Å². The van der Waals surface area contributed by atoms with Gasteiger partial charge in [-0.3, -0.25) is 0 Å². The van der Waals surface area contributed by atoms with Gasteiger partial charge in [0.1, 0.15) is 17.4 Å². The van der Waals surface area contributed by atoms with E-state index in [-0.39, 0.29) is 11.7 Å². The van der Waals surface area contributed by atoms with Crippen molar-refractivity contribution < 1.29 is 13.5 Å². The van der Waals surface area contributed by atoms with Crippen molar-refractivity contribution in [3.05, 3.63) is 41.7 Å². The molecule has 1 unspecified atom stereocenters. The molecular formula is C17H24F2O. The lowest BCUT2D eigenvalue weighted by molar-refractivity contribution is 0.314. The molecule has 0 saturated carbocycles. The number of ether oxygens (including phenoxy) is 1. The monoisotopic (exact) mass is 282 g/mol. The Balaban J connectivity index is 2.78. The van der Waals surface area contributed by atoms with Gasteiger partial charge in [-0.15, -0.1) is 0 Å². The minimum absolute atomic E-state index is 0.211. The highest BCUT2D eigenvalue weighted by Gasteiger charge is 2.16. The Kier molecular flexibility index (Phi) is 6.18. The fourth-order valence-electron chi connectivity index (χ4n) is 2.08. The number of hydrogen-bond acceptors (Lipinski definition) is 1. The van der Waals surface area contributed by atoms with E-state index in [9.17, 15) is 8.78 Å². The van der Waals surface area contributed by atoms with Crippen LogP contribution in [-0.2, 0) is 0 Å². The van der Waals surface area contributed by atoms with Crippen LogP contribution in [0.4, 0.5) is 8.78 Å². The van der Waals surface area contributed by atoms with Gasteiger partial charge in [-0.2, -0.15) is 0 Å². The minimum Gasteiger partial charge on any atom is -0.462 e. The maximum absolute atomic E-state index is 13.5. The van der Waals surface area contributed by atoms with Gasteiger partial charge in [0, 0.05) is 23.6 Å². The zero-order valence-corrected chi connectivity index (χ0v) is 12.8. The first kappa shape index (κ1) is 16.7. The third-order valence-electron chi connectivity index (χ3n) is 3.54. The fourth-order valence-corrected chi connectivity index (χ4v) is 2.08. The average Bonchev–Trinajstić information content (AvgIpc) is 2.35. The van der Waals surface area contributed by atoms with E-state index in [0.717, 1.165) is 25.3 Å². The van der Waals surface area contributed by atoms with E-state index in [1.807, 2.05) is 0 Å². The zero-order valence-electron chi connectivity index (χ0n) is 12.8. The molecule has 20 heavy (non-hydrogen) atoms. The molecule has 0 aliphatic heterocycles. The van der Waals surface area contributed by atoms with Crippen molar-refractivity contribution in [2.24, 2.45) is 11.8 Å². The lowest BCUT2D eigenvalue weighted by atomic mass is 9.94. The third kappa shape index (κ3) is 4.62. The molecule has 0 saturated heterocycles. The molecule has 0 aromatic heterocycles. The fraction of sp³-hybridized carbons (Fsp3) is 0.529. The van der Waals surface area contributed by atoms with Gasteiger partial charge in [0.25, 0.3) is 0 Å². The van der Waals surface area contributed by atoms with E-state index < -0.39 is 11.6 Å². The molecule has 0 aliphatic carbocycles. The molecule has 1 aromatic carbocycles. The number of benzene rings is 1. The largest absolute Gasteiger partial charge is 0.462 e. The van der Waals surface area contributed by atoms with Gasteiger partial charge in [0.15, 0.2) is 0 Å². The normalized spacial score (nSPS) is 12.6. The van der Waals surface area contributed by atoms with Gasteiger partial charge in [0.05, 0.1) is 5.76 Å². The van der Waals surface area contributed by atoms with E-state index in [4.69, 9.17) is 4.74 Å².